The lowest BCUT2D eigenvalue weighted by Gasteiger charge is -2.30. The Morgan fingerprint density at radius 3 is 2.68 bits per heavy atom. The van der Waals surface area contributed by atoms with E-state index in [0.717, 1.165) is 58.3 Å². The number of hydrogen-bond donors (Lipinski definition) is 2. The van der Waals surface area contributed by atoms with Crippen molar-refractivity contribution in [3.63, 3.8) is 0 Å². The van der Waals surface area contributed by atoms with Crippen molar-refractivity contribution < 1.29 is 14.6 Å². The summed E-state index contributed by atoms with van der Waals surface area (Å²) >= 11 is 0. The van der Waals surface area contributed by atoms with Crippen LogP contribution in [0.15, 0.2) is 36.5 Å². The summed E-state index contributed by atoms with van der Waals surface area (Å²) in [5, 5.41) is 16.8. The molecule has 1 saturated heterocycles. The number of carbonyl (C=O) groups is 1. The summed E-state index contributed by atoms with van der Waals surface area (Å²) in [5.41, 5.74) is 11.5. The van der Waals surface area contributed by atoms with Crippen LogP contribution in [0.1, 0.15) is 61.0 Å². The van der Waals surface area contributed by atoms with Gasteiger partial charge in [-0.05, 0) is 76.1 Å². The van der Waals surface area contributed by atoms with Crippen molar-refractivity contribution in [3.8, 4) is 17.1 Å². The fourth-order valence-electron chi connectivity index (χ4n) is 5.77. The van der Waals surface area contributed by atoms with Gasteiger partial charge in [0.25, 0.3) is 5.91 Å². The molecule has 1 atom stereocenters. The summed E-state index contributed by atoms with van der Waals surface area (Å²) in [4.78, 5) is 15.2. The van der Waals surface area contributed by atoms with Crippen LogP contribution in [0.2, 0.25) is 0 Å². The summed E-state index contributed by atoms with van der Waals surface area (Å²) in [7, 11) is 1.63. The number of pyridine rings is 1. The predicted molar refractivity (Wildman–Crippen MR) is 148 cm³/mol. The molecule has 1 amide bonds. The normalized spacial score (nSPS) is 18.5. The molecule has 8 nitrogen and oxygen atoms in total. The number of likely N-dealkylation sites (tertiary alicyclic amines) is 1. The largest absolute Gasteiger partial charge is 0.494 e. The minimum absolute atomic E-state index is 0.0159. The first-order valence-corrected chi connectivity index (χ1v) is 13.6. The molecule has 200 valence electrons. The fraction of sp³-hybridized carbons (Fsp3) is 0.467. The SMILES string of the molecule is COc1cc(C(=O)N2CCCC(N)C2)cn2nc(-c3cc4ccc(C(C)(C)O)cc4n3CC3CC3)c(C)c12. The minimum Gasteiger partial charge on any atom is -0.494 e. The molecule has 38 heavy (non-hydrogen) atoms. The highest BCUT2D eigenvalue weighted by atomic mass is 16.5. The van der Waals surface area contributed by atoms with Crippen molar-refractivity contribution in [2.24, 2.45) is 11.7 Å². The number of piperidine rings is 1. The van der Waals surface area contributed by atoms with E-state index in [1.165, 1.54) is 12.8 Å². The highest BCUT2D eigenvalue weighted by molar-refractivity contribution is 5.96. The second-order valence-electron chi connectivity index (χ2n) is 11.6. The lowest BCUT2D eigenvalue weighted by Crippen LogP contribution is -2.45. The van der Waals surface area contributed by atoms with E-state index in [2.05, 4.69) is 29.7 Å². The van der Waals surface area contributed by atoms with Gasteiger partial charge in [-0.3, -0.25) is 4.79 Å². The van der Waals surface area contributed by atoms with Crippen LogP contribution >= 0.6 is 0 Å². The maximum atomic E-state index is 13.4. The first kappa shape index (κ1) is 24.9. The van der Waals surface area contributed by atoms with E-state index >= 15 is 0 Å². The smallest absolute Gasteiger partial charge is 0.255 e. The molecule has 0 radical (unpaired) electrons. The molecule has 1 aliphatic carbocycles. The number of methoxy groups -OCH3 is 1. The predicted octanol–water partition coefficient (Wildman–Crippen LogP) is 4.47. The molecule has 0 spiro atoms. The molecule has 1 saturated carbocycles. The van der Waals surface area contributed by atoms with Crippen LogP contribution in [0.4, 0.5) is 0 Å². The first-order valence-electron chi connectivity index (χ1n) is 13.6. The highest BCUT2D eigenvalue weighted by Crippen LogP contribution is 2.39. The second-order valence-corrected chi connectivity index (χ2v) is 11.6. The summed E-state index contributed by atoms with van der Waals surface area (Å²) in [6, 6.07) is 10.2. The number of carbonyl (C=O) groups excluding carboxylic acids is 1. The van der Waals surface area contributed by atoms with Crippen LogP contribution in [0.25, 0.3) is 27.8 Å². The van der Waals surface area contributed by atoms with Crippen molar-refractivity contribution in [1.29, 1.82) is 0 Å². The fourth-order valence-corrected chi connectivity index (χ4v) is 5.77. The van der Waals surface area contributed by atoms with E-state index in [4.69, 9.17) is 15.6 Å². The summed E-state index contributed by atoms with van der Waals surface area (Å²) in [6.07, 6.45) is 6.14. The molecule has 8 heteroatoms. The lowest BCUT2D eigenvalue weighted by molar-refractivity contribution is 0.0707. The van der Waals surface area contributed by atoms with Crippen LogP contribution in [0.3, 0.4) is 0 Å². The Kier molecular flexibility index (Phi) is 6.00. The molecule has 1 unspecified atom stereocenters. The number of nitrogens with two attached hydrogens (primary N) is 1. The molecular formula is C30H37N5O3. The molecule has 6 rings (SSSR count). The third kappa shape index (κ3) is 4.35. The van der Waals surface area contributed by atoms with Crippen molar-refractivity contribution in [3.05, 3.63) is 53.2 Å². The maximum Gasteiger partial charge on any atom is 0.255 e. The topological polar surface area (TPSA) is 98.0 Å². The molecule has 0 bridgehead atoms. The van der Waals surface area contributed by atoms with Gasteiger partial charge in [-0.1, -0.05) is 12.1 Å². The van der Waals surface area contributed by atoms with Gasteiger partial charge in [0.05, 0.1) is 24.0 Å². The highest BCUT2D eigenvalue weighted by Gasteiger charge is 2.28. The van der Waals surface area contributed by atoms with Crippen molar-refractivity contribution in [2.75, 3.05) is 20.2 Å². The molecule has 3 N–H and O–H groups in total. The van der Waals surface area contributed by atoms with Crippen LogP contribution < -0.4 is 10.5 Å². The monoisotopic (exact) mass is 515 g/mol. The average molecular weight is 516 g/mol. The summed E-state index contributed by atoms with van der Waals surface area (Å²) in [5.74, 6) is 1.24. The van der Waals surface area contributed by atoms with Crippen molar-refractivity contribution >= 4 is 22.3 Å². The van der Waals surface area contributed by atoms with Gasteiger partial charge in [-0.2, -0.15) is 5.10 Å². The number of nitrogens with zero attached hydrogens (tertiary/aromatic N) is 4. The van der Waals surface area contributed by atoms with Crippen LogP contribution in [-0.2, 0) is 12.1 Å². The molecule has 1 aliphatic heterocycles. The zero-order valence-electron chi connectivity index (χ0n) is 22.7. The van der Waals surface area contributed by atoms with Crippen molar-refractivity contribution in [1.82, 2.24) is 19.1 Å². The molecule has 2 fully saturated rings. The zero-order chi connectivity index (χ0) is 26.8. The Balaban J connectivity index is 1.49. The number of fused-ring (bicyclic) bond motifs is 2. The number of aryl methyl sites for hydroxylation is 1. The van der Waals surface area contributed by atoms with Gasteiger partial charge >= 0.3 is 0 Å². The number of aliphatic hydroxyl groups is 1. The number of amides is 1. The van der Waals surface area contributed by atoms with E-state index in [0.29, 0.717) is 30.3 Å². The number of aromatic nitrogens is 3. The van der Waals surface area contributed by atoms with E-state index in [1.807, 2.05) is 37.1 Å². The van der Waals surface area contributed by atoms with Gasteiger partial charge in [0.2, 0.25) is 0 Å². The summed E-state index contributed by atoms with van der Waals surface area (Å²) < 4.78 is 9.93. The van der Waals surface area contributed by atoms with Gasteiger partial charge in [0.15, 0.2) is 0 Å². The van der Waals surface area contributed by atoms with Crippen molar-refractivity contribution in [2.45, 2.75) is 64.6 Å². The Bertz CT molecular complexity index is 1540. The number of ether oxygens (including phenoxy) is 1. The van der Waals surface area contributed by atoms with E-state index in [9.17, 15) is 9.90 Å². The van der Waals surface area contributed by atoms with Gasteiger partial charge in [0, 0.05) is 48.3 Å². The third-order valence-electron chi connectivity index (χ3n) is 8.13. The lowest BCUT2D eigenvalue weighted by atomic mass is 9.97. The Morgan fingerprint density at radius 2 is 2.00 bits per heavy atom. The first-order chi connectivity index (χ1) is 18.1. The van der Waals surface area contributed by atoms with Crippen LogP contribution in [-0.4, -0.2) is 56.3 Å². The Morgan fingerprint density at radius 1 is 1.21 bits per heavy atom. The number of rotatable bonds is 6. The Labute approximate surface area is 223 Å². The van der Waals surface area contributed by atoms with E-state index < -0.39 is 5.60 Å². The van der Waals surface area contributed by atoms with Crippen LogP contribution in [0, 0.1) is 12.8 Å². The van der Waals surface area contributed by atoms with Crippen LogP contribution in [0.5, 0.6) is 5.75 Å². The van der Waals surface area contributed by atoms with E-state index in [1.54, 1.807) is 11.6 Å². The molecule has 4 heterocycles. The Hall–Kier alpha value is -3.36. The standard InChI is InChI=1S/C30H37N5O3/c1-18-27(25-12-20-9-10-22(30(2,3)37)14-24(20)34(25)15-19-7-8-19)32-35-16-21(13-26(38-4)28(18)35)29(36)33-11-5-6-23(31)17-33/h9-10,12-14,16,19,23,37H,5-8,11,15,17,31H2,1-4H3. The zero-order valence-corrected chi connectivity index (χ0v) is 22.7. The van der Waals surface area contributed by atoms with Gasteiger partial charge < -0.3 is 25.0 Å². The van der Waals surface area contributed by atoms with Gasteiger partial charge in [-0.25, -0.2) is 4.52 Å². The number of hydrogen-bond acceptors (Lipinski definition) is 5. The average Bonchev–Trinajstić information content (AvgIpc) is 3.56. The minimum atomic E-state index is -0.920. The third-order valence-corrected chi connectivity index (χ3v) is 8.13. The summed E-state index contributed by atoms with van der Waals surface area (Å²) in [6.45, 7) is 7.89. The molecule has 1 aromatic carbocycles. The molecule has 4 aromatic rings. The van der Waals surface area contributed by atoms with E-state index in [-0.39, 0.29) is 11.9 Å². The molecule has 3 aromatic heterocycles. The molecular weight excluding hydrogens is 478 g/mol. The number of benzene rings is 1. The maximum absolute atomic E-state index is 13.4. The molecule has 2 aliphatic rings. The quantitative estimate of drug-likeness (QED) is 0.395. The van der Waals surface area contributed by atoms with Gasteiger partial charge in [-0.15, -0.1) is 0 Å². The van der Waals surface area contributed by atoms with Gasteiger partial charge in [0.1, 0.15) is 17.0 Å². The second kappa shape index (κ2) is 9.13.